The third kappa shape index (κ3) is 8.53. The molecule has 2 saturated heterocycles. The van der Waals surface area contributed by atoms with Crippen LogP contribution in [0.25, 0.3) is 11.1 Å². The summed E-state index contributed by atoms with van der Waals surface area (Å²) in [6.07, 6.45) is 2.73. The topological polar surface area (TPSA) is 52.8 Å². The summed E-state index contributed by atoms with van der Waals surface area (Å²) < 4.78 is 13.8. The van der Waals surface area contributed by atoms with Crippen LogP contribution >= 0.6 is 35.0 Å². The van der Waals surface area contributed by atoms with E-state index in [9.17, 15) is 9.18 Å². The van der Waals surface area contributed by atoms with Crippen LogP contribution in [0.3, 0.4) is 0 Å². The summed E-state index contributed by atoms with van der Waals surface area (Å²) >= 11 is 14.3. The molecule has 2 N–H and O–H groups in total. The third-order valence-corrected chi connectivity index (χ3v) is 10.2. The van der Waals surface area contributed by atoms with Crippen molar-refractivity contribution in [1.82, 2.24) is 14.7 Å². The largest absolute Gasteiger partial charge is 0.339 e. The minimum absolute atomic E-state index is 0.0761. The lowest BCUT2D eigenvalue weighted by molar-refractivity contribution is -0.136. The second kappa shape index (κ2) is 15.2. The molecule has 2 heterocycles. The van der Waals surface area contributed by atoms with Crippen LogP contribution in [0.4, 0.5) is 4.39 Å². The molecule has 0 spiro atoms. The second-order valence-electron chi connectivity index (χ2n) is 11.6. The Kier molecular flexibility index (Phi) is 11.4. The number of piperidine rings is 1. The number of carbonyl (C=O) groups is 1. The Morgan fingerprint density at radius 3 is 2.40 bits per heavy atom. The highest BCUT2D eigenvalue weighted by Gasteiger charge is 2.32. The van der Waals surface area contributed by atoms with E-state index in [1.54, 1.807) is 17.8 Å². The highest BCUT2D eigenvalue weighted by molar-refractivity contribution is 7.99. The first-order valence-electron chi connectivity index (χ1n) is 15.3. The first kappa shape index (κ1) is 32.3. The van der Waals surface area contributed by atoms with Crippen molar-refractivity contribution in [3.63, 3.8) is 0 Å². The zero-order valence-corrected chi connectivity index (χ0v) is 27.1. The van der Waals surface area contributed by atoms with Gasteiger partial charge in [0.05, 0.1) is 6.04 Å². The fraction of sp³-hybridized carbons (Fsp3) is 0.441. The van der Waals surface area contributed by atoms with E-state index in [0.29, 0.717) is 13.1 Å². The average molecular weight is 644 g/mol. The molecule has 0 bridgehead atoms. The van der Waals surface area contributed by atoms with Gasteiger partial charge < -0.3 is 15.5 Å². The van der Waals surface area contributed by atoms with Crippen LogP contribution in [-0.2, 0) is 17.8 Å². The molecule has 5 rings (SSSR count). The van der Waals surface area contributed by atoms with Crippen LogP contribution in [-0.4, -0.2) is 78.2 Å². The molecule has 230 valence electrons. The van der Waals surface area contributed by atoms with Crippen molar-refractivity contribution >= 4 is 40.9 Å². The van der Waals surface area contributed by atoms with Gasteiger partial charge >= 0.3 is 0 Å². The Labute approximate surface area is 269 Å². The predicted molar refractivity (Wildman–Crippen MR) is 177 cm³/mol. The Hall–Kier alpha value is -2.13. The minimum atomic E-state index is -0.458. The SMILES string of the molecule is CCSc1cc(F)ccc1CN1CCN(C(=O)[C@H](N)C2CCN(CCc3cc(Cl)ccc3-c3cccc(Cl)c3)CC2)CC1. The van der Waals surface area contributed by atoms with Crippen LogP contribution in [0.5, 0.6) is 0 Å². The Balaban J connectivity index is 1.08. The van der Waals surface area contributed by atoms with E-state index in [-0.39, 0.29) is 17.6 Å². The normalized spacial score (nSPS) is 17.7. The smallest absolute Gasteiger partial charge is 0.239 e. The Bertz CT molecular complexity index is 1390. The monoisotopic (exact) mass is 642 g/mol. The molecule has 43 heavy (non-hydrogen) atoms. The van der Waals surface area contributed by atoms with E-state index in [4.69, 9.17) is 28.9 Å². The minimum Gasteiger partial charge on any atom is -0.339 e. The van der Waals surface area contributed by atoms with E-state index >= 15 is 0 Å². The number of hydrogen-bond acceptors (Lipinski definition) is 5. The fourth-order valence-electron chi connectivity index (χ4n) is 6.25. The molecule has 2 fully saturated rings. The lowest BCUT2D eigenvalue weighted by Crippen LogP contribution is -2.55. The second-order valence-corrected chi connectivity index (χ2v) is 13.7. The molecule has 0 aromatic heterocycles. The maximum absolute atomic E-state index is 13.8. The van der Waals surface area contributed by atoms with Crippen molar-refractivity contribution in [2.75, 3.05) is 51.6 Å². The predicted octanol–water partition coefficient (Wildman–Crippen LogP) is 6.84. The molecule has 2 aliphatic rings. The van der Waals surface area contributed by atoms with Gasteiger partial charge in [0.2, 0.25) is 5.91 Å². The molecule has 2 aliphatic heterocycles. The number of rotatable bonds is 10. The van der Waals surface area contributed by atoms with Gasteiger partial charge in [0.1, 0.15) is 5.82 Å². The van der Waals surface area contributed by atoms with Crippen molar-refractivity contribution < 1.29 is 9.18 Å². The molecule has 3 aromatic rings. The van der Waals surface area contributed by atoms with Gasteiger partial charge in [-0.1, -0.05) is 54.4 Å². The van der Waals surface area contributed by atoms with Gasteiger partial charge in [-0.25, -0.2) is 4.39 Å². The van der Waals surface area contributed by atoms with Crippen molar-refractivity contribution in [3.8, 4) is 11.1 Å². The van der Waals surface area contributed by atoms with Gasteiger partial charge in [-0.05, 0) is 103 Å². The summed E-state index contributed by atoms with van der Waals surface area (Å²) in [6.45, 7) is 8.59. The summed E-state index contributed by atoms with van der Waals surface area (Å²) in [5.74, 6) is 0.983. The lowest BCUT2D eigenvalue weighted by atomic mass is 9.88. The van der Waals surface area contributed by atoms with Crippen molar-refractivity contribution in [2.45, 2.75) is 43.7 Å². The van der Waals surface area contributed by atoms with Gasteiger partial charge in [-0.3, -0.25) is 9.69 Å². The maximum atomic E-state index is 13.8. The van der Waals surface area contributed by atoms with Crippen LogP contribution in [0.2, 0.25) is 10.0 Å². The molecule has 5 nitrogen and oxygen atoms in total. The summed E-state index contributed by atoms with van der Waals surface area (Å²) in [6, 6.07) is 18.6. The molecule has 0 aliphatic carbocycles. The average Bonchev–Trinajstić information content (AvgIpc) is 3.01. The number of nitrogens with two attached hydrogens (primary N) is 1. The van der Waals surface area contributed by atoms with Crippen molar-refractivity contribution in [3.05, 3.63) is 87.7 Å². The Morgan fingerprint density at radius 2 is 1.67 bits per heavy atom. The zero-order valence-electron chi connectivity index (χ0n) is 24.8. The standard InChI is InChI=1S/C34H41Cl2FN4OS/c1-2-43-32-22-30(37)8-6-27(32)23-40-16-18-41(19-17-40)34(42)33(38)24-10-13-39(14-11-24)15-12-26-21-29(36)7-9-31(26)25-4-3-5-28(35)20-25/h3-9,20-22,24,33H,2,10-19,23,38H2,1H3/t33-/m1/s1. The number of thioether (sulfide) groups is 1. The van der Waals surface area contributed by atoms with E-state index in [1.165, 1.54) is 11.6 Å². The van der Waals surface area contributed by atoms with E-state index in [0.717, 1.165) is 95.9 Å². The molecule has 9 heteroatoms. The van der Waals surface area contributed by atoms with Gasteiger partial charge in [-0.15, -0.1) is 11.8 Å². The van der Waals surface area contributed by atoms with Gasteiger partial charge in [0.15, 0.2) is 0 Å². The van der Waals surface area contributed by atoms with Crippen molar-refractivity contribution in [1.29, 1.82) is 0 Å². The number of amides is 1. The third-order valence-electron chi connectivity index (χ3n) is 8.73. The Morgan fingerprint density at radius 1 is 0.930 bits per heavy atom. The quantitative estimate of drug-likeness (QED) is 0.246. The molecule has 0 unspecified atom stereocenters. The number of piperazine rings is 1. The summed E-state index contributed by atoms with van der Waals surface area (Å²) in [4.78, 5) is 21.1. The van der Waals surface area contributed by atoms with Gasteiger partial charge in [0, 0.05) is 54.2 Å². The molecular formula is C34H41Cl2FN4OS. The lowest BCUT2D eigenvalue weighted by Gasteiger charge is -2.39. The van der Waals surface area contributed by atoms with Gasteiger partial charge in [0.25, 0.3) is 0 Å². The summed E-state index contributed by atoms with van der Waals surface area (Å²) in [5, 5.41) is 1.46. The molecule has 1 amide bonds. The van der Waals surface area contributed by atoms with Crippen LogP contribution in [0.1, 0.15) is 30.9 Å². The number of hydrogen-bond donors (Lipinski definition) is 1. The van der Waals surface area contributed by atoms with E-state index in [2.05, 4.69) is 34.9 Å². The molecular weight excluding hydrogens is 602 g/mol. The first-order valence-corrected chi connectivity index (χ1v) is 17.0. The molecule has 3 aromatic carbocycles. The molecule has 0 radical (unpaired) electrons. The highest BCUT2D eigenvalue weighted by Crippen LogP contribution is 2.30. The first-order chi connectivity index (χ1) is 20.8. The summed E-state index contributed by atoms with van der Waals surface area (Å²) in [5.41, 5.74) is 11.2. The van der Waals surface area contributed by atoms with Crippen LogP contribution < -0.4 is 5.73 Å². The summed E-state index contributed by atoms with van der Waals surface area (Å²) in [7, 11) is 0. The van der Waals surface area contributed by atoms with Crippen LogP contribution in [0.15, 0.2) is 65.6 Å². The fourth-order valence-corrected chi connectivity index (χ4v) is 7.46. The number of nitrogens with zero attached hydrogens (tertiary/aromatic N) is 3. The number of likely N-dealkylation sites (tertiary alicyclic amines) is 1. The van der Waals surface area contributed by atoms with Gasteiger partial charge in [-0.2, -0.15) is 0 Å². The van der Waals surface area contributed by atoms with E-state index in [1.807, 2.05) is 35.2 Å². The number of carbonyl (C=O) groups excluding carboxylic acids is 1. The number of benzene rings is 3. The van der Waals surface area contributed by atoms with E-state index < -0.39 is 6.04 Å². The van der Waals surface area contributed by atoms with Crippen molar-refractivity contribution in [2.24, 2.45) is 11.7 Å². The highest BCUT2D eigenvalue weighted by atomic mass is 35.5. The zero-order chi connectivity index (χ0) is 30.3. The maximum Gasteiger partial charge on any atom is 0.239 e. The molecule has 0 saturated carbocycles. The molecule has 1 atom stereocenters. The number of halogens is 3. The van der Waals surface area contributed by atoms with Crippen LogP contribution in [0, 0.1) is 11.7 Å².